The molecule has 1 aromatic rings. The Balaban J connectivity index is 0.00000180. The van der Waals surface area contributed by atoms with E-state index in [1.165, 1.54) is 19.3 Å². The van der Waals surface area contributed by atoms with E-state index >= 15 is 0 Å². The highest BCUT2D eigenvalue weighted by molar-refractivity contribution is 5.85. The van der Waals surface area contributed by atoms with Crippen LogP contribution >= 0.6 is 12.4 Å². The Morgan fingerprint density at radius 3 is 2.53 bits per heavy atom. The maximum absolute atomic E-state index is 12.1. The van der Waals surface area contributed by atoms with Crippen molar-refractivity contribution in [2.24, 2.45) is 11.7 Å². The number of likely N-dealkylation sites (N-methyl/N-ethyl adjacent to an activating group) is 1. The van der Waals surface area contributed by atoms with Crippen molar-refractivity contribution >= 4 is 18.3 Å². The van der Waals surface area contributed by atoms with Crippen LogP contribution in [0, 0.1) is 5.92 Å². The van der Waals surface area contributed by atoms with Gasteiger partial charge in [0, 0.05) is 13.6 Å². The van der Waals surface area contributed by atoms with Gasteiger partial charge < -0.3 is 10.6 Å². The molecule has 4 heteroatoms. The maximum Gasteiger partial charge on any atom is 0.239 e. The van der Waals surface area contributed by atoms with E-state index in [0.717, 1.165) is 12.1 Å². The zero-order valence-corrected chi connectivity index (χ0v) is 12.2. The number of benzene rings is 1. The molecule has 1 saturated carbocycles. The third-order valence-corrected chi connectivity index (χ3v) is 3.75. The van der Waals surface area contributed by atoms with Crippen LogP contribution in [0.3, 0.4) is 0 Å². The van der Waals surface area contributed by atoms with Gasteiger partial charge in [0.2, 0.25) is 5.91 Å². The van der Waals surface area contributed by atoms with Crippen LogP contribution in [0.2, 0.25) is 0 Å². The molecule has 0 bridgehead atoms. The highest BCUT2D eigenvalue weighted by Crippen LogP contribution is 2.26. The van der Waals surface area contributed by atoms with Gasteiger partial charge in [0.1, 0.15) is 0 Å². The molecular formula is C15H23ClN2O. The van der Waals surface area contributed by atoms with Crippen LogP contribution < -0.4 is 5.73 Å². The molecule has 1 aromatic carbocycles. The first kappa shape index (κ1) is 16.0. The molecule has 0 heterocycles. The van der Waals surface area contributed by atoms with E-state index < -0.39 is 6.04 Å². The number of hydrogen-bond donors (Lipinski definition) is 1. The Morgan fingerprint density at radius 1 is 1.37 bits per heavy atom. The molecule has 1 amide bonds. The normalized spacial score (nSPS) is 16.1. The summed E-state index contributed by atoms with van der Waals surface area (Å²) < 4.78 is 0. The van der Waals surface area contributed by atoms with Gasteiger partial charge in [0.15, 0.2) is 0 Å². The summed E-state index contributed by atoms with van der Waals surface area (Å²) >= 11 is 0. The molecule has 19 heavy (non-hydrogen) atoms. The lowest BCUT2D eigenvalue weighted by molar-refractivity contribution is -0.132. The summed E-state index contributed by atoms with van der Waals surface area (Å²) in [6.07, 6.45) is 4.44. The van der Waals surface area contributed by atoms with Crippen molar-refractivity contribution in [1.82, 2.24) is 4.90 Å². The van der Waals surface area contributed by atoms with Crippen LogP contribution in [-0.2, 0) is 11.2 Å². The van der Waals surface area contributed by atoms with Crippen molar-refractivity contribution in [1.29, 1.82) is 0 Å². The number of carbonyl (C=O) groups excluding carboxylic acids is 1. The van der Waals surface area contributed by atoms with Crippen LogP contribution in [0.4, 0.5) is 0 Å². The van der Waals surface area contributed by atoms with Gasteiger partial charge in [-0.3, -0.25) is 4.79 Å². The summed E-state index contributed by atoms with van der Waals surface area (Å²) in [5.41, 5.74) is 7.11. The summed E-state index contributed by atoms with van der Waals surface area (Å²) in [5, 5.41) is 0. The molecule has 1 unspecified atom stereocenters. The standard InChI is InChI=1S/C15H22N2O.ClH/c1-17(11-13-8-5-9-13)15(18)14(16)10-12-6-3-2-4-7-12;/h2-4,6-7,13-14H,5,8-11,16H2,1H3;1H. The first-order valence-corrected chi connectivity index (χ1v) is 6.71. The lowest BCUT2D eigenvalue weighted by Crippen LogP contribution is -2.45. The van der Waals surface area contributed by atoms with Gasteiger partial charge in [0.05, 0.1) is 6.04 Å². The highest BCUT2D eigenvalue weighted by Gasteiger charge is 2.24. The molecule has 1 aliphatic rings. The Bertz CT molecular complexity index is 392. The van der Waals surface area contributed by atoms with E-state index in [-0.39, 0.29) is 18.3 Å². The molecule has 2 rings (SSSR count). The fourth-order valence-corrected chi connectivity index (χ4v) is 2.39. The zero-order chi connectivity index (χ0) is 13.0. The van der Waals surface area contributed by atoms with Gasteiger partial charge in [0.25, 0.3) is 0 Å². The monoisotopic (exact) mass is 282 g/mol. The predicted molar refractivity (Wildman–Crippen MR) is 80.3 cm³/mol. The van der Waals surface area contributed by atoms with Gasteiger partial charge >= 0.3 is 0 Å². The first-order chi connectivity index (χ1) is 8.66. The van der Waals surface area contributed by atoms with E-state index in [1.54, 1.807) is 4.90 Å². The van der Waals surface area contributed by atoms with Crippen LogP contribution in [0.1, 0.15) is 24.8 Å². The summed E-state index contributed by atoms with van der Waals surface area (Å²) in [5.74, 6) is 0.758. The minimum Gasteiger partial charge on any atom is -0.344 e. The number of hydrogen-bond acceptors (Lipinski definition) is 2. The number of nitrogens with zero attached hydrogens (tertiary/aromatic N) is 1. The summed E-state index contributed by atoms with van der Waals surface area (Å²) in [4.78, 5) is 13.9. The SMILES string of the molecule is CN(CC1CCC1)C(=O)C(N)Cc1ccccc1.Cl. The first-order valence-electron chi connectivity index (χ1n) is 6.71. The van der Waals surface area contributed by atoms with E-state index in [0.29, 0.717) is 12.3 Å². The van der Waals surface area contributed by atoms with Gasteiger partial charge in [-0.25, -0.2) is 0 Å². The van der Waals surface area contributed by atoms with E-state index in [1.807, 2.05) is 37.4 Å². The molecule has 106 valence electrons. The van der Waals surface area contributed by atoms with E-state index in [2.05, 4.69) is 0 Å². The molecule has 0 spiro atoms. The smallest absolute Gasteiger partial charge is 0.239 e. The third-order valence-electron chi connectivity index (χ3n) is 3.75. The second-order valence-corrected chi connectivity index (χ2v) is 5.31. The van der Waals surface area contributed by atoms with E-state index in [4.69, 9.17) is 5.73 Å². The van der Waals surface area contributed by atoms with Gasteiger partial charge in [-0.05, 0) is 30.7 Å². The Kier molecular flexibility index (Phi) is 6.32. The Morgan fingerprint density at radius 2 is 2.00 bits per heavy atom. The molecule has 0 radical (unpaired) electrons. The number of halogens is 1. The van der Waals surface area contributed by atoms with Crippen molar-refractivity contribution in [2.75, 3.05) is 13.6 Å². The number of carbonyl (C=O) groups is 1. The molecule has 0 aliphatic heterocycles. The van der Waals surface area contributed by atoms with Gasteiger partial charge in [-0.2, -0.15) is 0 Å². The minimum atomic E-state index is -0.419. The summed E-state index contributed by atoms with van der Waals surface area (Å²) in [6.45, 7) is 0.862. The van der Waals surface area contributed by atoms with Crippen molar-refractivity contribution < 1.29 is 4.79 Å². The molecule has 1 atom stereocenters. The third kappa shape index (κ3) is 4.51. The molecule has 0 saturated heterocycles. The maximum atomic E-state index is 12.1. The van der Waals surface area contributed by atoms with Crippen LogP contribution in [0.25, 0.3) is 0 Å². The van der Waals surface area contributed by atoms with Gasteiger partial charge in [-0.1, -0.05) is 36.8 Å². The average Bonchev–Trinajstić information content (AvgIpc) is 2.33. The molecule has 0 aromatic heterocycles. The minimum absolute atomic E-state index is 0. The highest BCUT2D eigenvalue weighted by atomic mass is 35.5. The van der Waals surface area contributed by atoms with Gasteiger partial charge in [-0.15, -0.1) is 12.4 Å². The Labute approximate surface area is 121 Å². The quantitative estimate of drug-likeness (QED) is 0.900. The fourth-order valence-electron chi connectivity index (χ4n) is 2.39. The fraction of sp³-hybridized carbons (Fsp3) is 0.533. The molecule has 1 fully saturated rings. The largest absolute Gasteiger partial charge is 0.344 e. The van der Waals surface area contributed by atoms with Crippen LogP contribution in [-0.4, -0.2) is 30.4 Å². The molecule has 3 nitrogen and oxygen atoms in total. The lowest BCUT2D eigenvalue weighted by atomic mass is 9.85. The molecule has 2 N–H and O–H groups in total. The van der Waals surface area contributed by atoms with Crippen LogP contribution in [0.5, 0.6) is 0 Å². The van der Waals surface area contributed by atoms with E-state index in [9.17, 15) is 4.79 Å². The topological polar surface area (TPSA) is 46.3 Å². The second-order valence-electron chi connectivity index (χ2n) is 5.31. The number of amides is 1. The van der Waals surface area contributed by atoms with Crippen molar-refractivity contribution in [3.63, 3.8) is 0 Å². The Hall–Kier alpha value is -1.06. The summed E-state index contributed by atoms with van der Waals surface area (Å²) in [6, 6.07) is 9.53. The number of nitrogens with two attached hydrogens (primary N) is 1. The van der Waals surface area contributed by atoms with Crippen molar-refractivity contribution in [3.05, 3.63) is 35.9 Å². The average molecular weight is 283 g/mol. The summed E-state index contributed by atoms with van der Waals surface area (Å²) in [7, 11) is 1.87. The van der Waals surface area contributed by atoms with Crippen LogP contribution in [0.15, 0.2) is 30.3 Å². The van der Waals surface area contributed by atoms with Crippen molar-refractivity contribution in [2.45, 2.75) is 31.7 Å². The van der Waals surface area contributed by atoms with Crippen molar-refractivity contribution in [3.8, 4) is 0 Å². The molecule has 1 aliphatic carbocycles. The number of rotatable bonds is 5. The molecular weight excluding hydrogens is 260 g/mol. The zero-order valence-electron chi connectivity index (χ0n) is 11.4. The second kappa shape index (κ2) is 7.51. The predicted octanol–water partition coefficient (Wildman–Crippen LogP) is 2.24. The lowest BCUT2D eigenvalue weighted by Gasteiger charge is -2.31.